The molecule has 4 rings (SSSR count). The minimum Gasteiger partial charge on any atom is -0.442 e. The number of halogens is 1. The molecule has 0 spiro atoms. The molecule has 148 valence electrons. The molecular formula is C20H18ClN5O2S. The average Bonchev–Trinajstić information content (AvgIpc) is 3.30. The van der Waals surface area contributed by atoms with Crippen molar-refractivity contribution in [3.63, 3.8) is 0 Å². The van der Waals surface area contributed by atoms with E-state index in [9.17, 15) is 4.79 Å². The summed E-state index contributed by atoms with van der Waals surface area (Å²) in [6.45, 7) is 5.45. The lowest BCUT2D eigenvalue weighted by molar-refractivity contribution is 0.0514. The van der Waals surface area contributed by atoms with E-state index in [4.69, 9.17) is 16.3 Å². The summed E-state index contributed by atoms with van der Waals surface area (Å²) in [6.07, 6.45) is 2.77. The molecule has 7 nitrogen and oxygen atoms in total. The molecule has 1 aromatic carbocycles. The number of hydrogen-bond acceptors (Lipinski definition) is 7. The van der Waals surface area contributed by atoms with E-state index in [0.29, 0.717) is 5.82 Å². The molecule has 3 aromatic heterocycles. The van der Waals surface area contributed by atoms with Crippen LogP contribution in [-0.2, 0) is 4.74 Å². The Bertz CT molecular complexity index is 1180. The van der Waals surface area contributed by atoms with Gasteiger partial charge in [0.25, 0.3) is 0 Å². The molecule has 4 aromatic rings. The summed E-state index contributed by atoms with van der Waals surface area (Å²) in [5.41, 5.74) is 2.83. The molecular weight excluding hydrogens is 410 g/mol. The lowest BCUT2D eigenvalue weighted by Gasteiger charge is -2.18. The maximum absolute atomic E-state index is 12.1. The molecule has 9 heteroatoms. The second-order valence-corrected chi connectivity index (χ2v) is 8.59. The van der Waals surface area contributed by atoms with Crippen LogP contribution < -0.4 is 5.32 Å². The molecule has 1 N–H and O–H groups in total. The van der Waals surface area contributed by atoms with Gasteiger partial charge in [-0.05, 0) is 61.5 Å². The minimum atomic E-state index is -0.575. The van der Waals surface area contributed by atoms with E-state index in [-0.39, 0.29) is 5.28 Å². The van der Waals surface area contributed by atoms with E-state index >= 15 is 0 Å². The highest BCUT2D eigenvalue weighted by molar-refractivity contribution is 7.17. The van der Waals surface area contributed by atoms with Crippen molar-refractivity contribution in [1.29, 1.82) is 0 Å². The maximum atomic E-state index is 12.1. The molecule has 0 atom stereocenters. The van der Waals surface area contributed by atoms with Crippen LogP contribution in [0.4, 0.5) is 16.3 Å². The molecule has 0 bridgehead atoms. The fourth-order valence-corrected chi connectivity index (χ4v) is 3.63. The molecule has 0 saturated carbocycles. The van der Waals surface area contributed by atoms with E-state index < -0.39 is 11.7 Å². The third-order valence-corrected chi connectivity index (χ3v) is 5.00. The first-order valence-corrected chi connectivity index (χ1v) is 10.1. The van der Waals surface area contributed by atoms with E-state index in [1.807, 2.05) is 56.5 Å². The van der Waals surface area contributed by atoms with Gasteiger partial charge in [0.2, 0.25) is 5.28 Å². The fraction of sp³-hybridized carbons (Fsp3) is 0.200. The smallest absolute Gasteiger partial charge is 0.435 e. The van der Waals surface area contributed by atoms with Gasteiger partial charge in [-0.25, -0.2) is 9.78 Å². The topological polar surface area (TPSA) is 81.9 Å². The first-order valence-electron chi connectivity index (χ1n) is 8.85. The zero-order valence-electron chi connectivity index (χ0n) is 16.0. The average molecular weight is 428 g/mol. The summed E-state index contributed by atoms with van der Waals surface area (Å²) in [5.74, 6) is 0.667. The van der Waals surface area contributed by atoms with Crippen LogP contribution in [-0.4, -0.2) is 31.4 Å². The van der Waals surface area contributed by atoms with Gasteiger partial charge in [0, 0.05) is 17.4 Å². The Morgan fingerprint density at radius 2 is 1.90 bits per heavy atom. The summed E-state index contributed by atoms with van der Waals surface area (Å²) in [5, 5.41) is 9.53. The summed E-state index contributed by atoms with van der Waals surface area (Å²) in [6, 6.07) is 9.63. The van der Waals surface area contributed by atoms with Crippen molar-refractivity contribution in [2.24, 2.45) is 0 Å². The van der Waals surface area contributed by atoms with Crippen LogP contribution in [0.2, 0.25) is 5.28 Å². The number of thiophene rings is 1. The van der Waals surface area contributed by atoms with E-state index in [2.05, 4.69) is 20.4 Å². The third-order valence-electron chi connectivity index (χ3n) is 3.92. The molecule has 0 amide bonds. The van der Waals surface area contributed by atoms with Crippen LogP contribution in [0.5, 0.6) is 0 Å². The molecule has 29 heavy (non-hydrogen) atoms. The summed E-state index contributed by atoms with van der Waals surface area (Å²) in [4.78, 5) is 20.6. The number of nitrogens with one attached hydrogen (secondary N) is 1. The van der Waals surface area contributed by atoms with Gasteiger partial charge in [0.15, 0.2) is 5.82 Å². The van der Waals surface area contributed by atoms with Gasteiger partial charge in [-0.1, -0.05) is 12.1 Å². The predicted octanol–water partition coefficient (Wildman–Crippen LogP) is 5.74. The lowest BCUT2D eigenvalue weighted by atomic mass is 10.1. The van der Waals surface area contributed by atoms with Crippen molar-refractivity contribution in [3.05, 3.63) is 53.4 Å². The van der Waals surface area contributed by atoms with Crippen LogP contribution in [0.15, 0.2) is 48.1 Å². The number of anilines is 2. The number of aromatic nitrogens is 4. The Hall–Kier alpha value is -2.97. The Balaban J connectivity index is 1.53. The second kappa shape index (κ2) is 7.46. The van der Waals surface area contributed by atoms with E-state index in [1.165, 1.54) is 4.68 Å². The summed E-state index contributed by atoms with van der Waals surface area (Å²) >= 11 is 7.57. The number of hydrogen-bond donors (Lipinski definition) is 1. The number of fused-ring (bicyclic) bond motifs is 1. The van der Waals surface area contributed by atoms with Crippen molar-refractivity contribution in [2.45, 2.75) is 26.4 Å². The monoisotopic (exact) mass is 427 g/mol. The number of nitrogens with zero attached hydrogens (tertiary/aromatic N) is 4. The van der Waals surface area contributed by atoms with E-state index in [1.54, 1.807) is 23.7 Å². The molecule has 0 aliphatic rings. The van der Waals surface area contributed by atoms with Crippen LogP contribution in [0, 0.1) is 0 Å². The van der Waals surface area contributed by atoms with Gasteiger partial charge in [0.05, 0.1) is 16.4 Å². The summed E-state index contributed by atoms with van der Waals surface area (Å²) in [7, 11) is 0. The standard InChI is InChI=1S/C20H18ClN5O2S/c1-20(2,3)28-19(27)26-11-13(10-22-26)12-4-6-14(7-5-12)23-17-16-15(8-9-29-16)24-18(21)25-17/h4-11H,1-3H3,(H,23,24,25). The largest absolute Gasteiger partial charge is 0.442 e. The van der Waals surface area contributed by atoms with Crippen molar-refractivity contribution in [3.8, 4) is 11.1 Å². The SMILES string of the molecule is CC(C)(C)OC(=O)n1cc(-c2ccc(Nc3nc(Cl)nc4ccsc34)cc2)cn1. The molecule has 0 aliphatic carbocycles. The first-order chi connectivity index (χ1) is 13.8. The summed E-state index contributed by atoms with van der Waals surface area (Å²) < 4.78 is 7.47. The van der Waals surface area contributed by atoms with Gasteiger partial charge in [-0.15, -0.1) is 11.3 Å². The number of carbonyl (C=O) groups excluding carboxylic acids is 1. The Morgan fingerprint density at radius 1 is 1.14 bits per heavy atom. The van der Waals surface area contributed by atoms with E-state index in [0.717, 1.165) is 27.0 Å². The Morgan fingerprint density at radius 3 is 2.62 bits per heavy atom. The number of carbonyl (C=O) groups is 1. The molecule has 3 heterocycles. The van der Waals surface area contributed by atoms with Gasteiger partial charge in [0.1, 0.15) is 5.60 Å². The zero-order chi connectivity index (χ0) is 20.6. The zero-order valence-corrected chi connectivity index (χ0v) is 17.6. The Kier molecular flexibility index (Phi) is 4.97. The minimum absolute atomic E-state index is 0.199. The van der Waals surface area contributed by atoms with Crippen LogP contribution in [0.25, 0.3) is 21.3 Å². The van der Waals surface area contributed by atoms with Crippen LogP contribution >= 0.6 is 22.9 Å². The van der Waals surface area contributed by atoms with Crippen molar-refractivity contribution in [2.75, 3.05) is 5.32 Å². The van der Waals surface area contributed by atoms with Gasteiger partial charge in [-0.3, -0.25) is 0 Å². The quantitative estimate of drug-likeness (QED) is 0.420. The molecule has 0 radical (unpaired) electrons. The highest BCUT2D eigenvalue weighted by atomic mass is 35.5. The molecule has 0 saturated heterocycles. The van der Waals surface area contributed by atoms with Crippen molar-refractivity contribution in [1.82, 2.24) is 19.7 Å². The predicted molar refractivity (Wildman–Crippen MR) is 115 cm³/mol. The number of benzene rings is 1. The maximum Gasteiger partial charge on any atom is 0.435 e. The highest BCUT2D eigenvalue weighted by Gasteiger charge is 2.18. The van der Waals surface area contributed by atoms with Crippen LogP contribution in [0.3, 0.4) is 0 Å². The van der Waals surface area contributed by atoms with Gasteiger partial charge in [-0.2, -0.15) is 14.8 Å². The normalized spacial score (nSPS) is 11.6. The third kappa shape index (κ3) is 4.38. The lowest BCUT2D eigenvalue weighted by Crippen LogP contribution is -2.27. The second-order valence-electron chi connectivity index (χ2n) is 7.33. The van der Waals surface area contributed by atoms with Gasteiger partial charge < -0.3 is 10.1 Å². The Labute approximate surface area is 176 Å². The molecule has 0 fully saturated rings. The van der Waals surface area contributed by atoms with Crippen molar-refractivity contribution < 1.29 is 9.53 Å². The first kappa shape index (κ1) is 19.4. The molecule has 0 aliphatic heterocycles. The van der Waals surface area contributed by atoms with Gasteiger partial charge >= 0.3 is 6.09 Å². The van der Waals surface area contributed by atoms with Crippen LogP contribution in [0.1, 0.15) is 20.8 Å². The molecule has 0 unspecified atom stereocenters. The highest BCUT2D eigenvalue weighted by Crippen LogP contribution is 2.30. The number of rotatable bonds is 3. The van der Waals surface area contributed by atoms with Crippen molar-refractivity contribution >= 4 is 50.8 Å². The number of ether oxygens (including phenoxy) is 1. The fourth-order valence-electron chi connectivity index (χ4n) is 2.68.